The van der Waals surface area contributed by atoms with E-state index in [0.29, 0.717) is 30.6 Å². The minimum atomic E-state index is -0.154. The molecule has 142 valence electrons. The summed E-state index contributed by atoms with van der Waals surface area (Å²) in [6, 6.07) is 10.8. The molecule has 0 spiro atoms. The zero-order chi connectivity index (χ0) is 18.9. The van der Waals surface area contributed by atoms with E-state index in [4.69, 9.17) is 9.47 Å². The number of allylic oxidation sites excluding steroid dienone is 2. The molecule has 0 saturated carbocycles. The van der Waals surface area contributed by atoms with Crippen molar-refractivity contribution in [3.05, 3.63) is 60.3 Å². The number of aromatic nitrogens is 1. The van der Waals surface area contributed by atoms with E-state index in [1.807, 2.05) is 36.4 Å². The van der Waals surface area contributed by atoms with Crippen LogP contribution in [0.25, 0.3) is 0 Å². The quantitative estimate of drug-likeness (QED) is 0.725. The van der Waals surface area contributed by atoms with Crippen molar-refractivity contribution in [2.75, 3.05) is 13.7 Å². The number of rotatable bonds is 7. The summed E-state index contributed by atoms with van der Waals surface area (Å²) in [6.07, 6.45) is 9.33. The molecule has 2 amide bonds. The number of nitrogens with one attached hydrogen (secondary N) is 2. The molecule has 1 aliphatic rings. The van der Waals surface area contributed by atoms with E-state index in [9.17, 15) is 4.79 Å². The highest BCUT2D eigenvalue weighted by Crippen LogP contribution is 2.22. The van der Waals surface area contributed by atoms with Gasteiger partial charge in [0.1, 0.15) is 11.5 Å². The highest BCUT2D eigenvalue weighted by atomic mass is 16.5. The second-order valence-electron chi connectivity index (χ2n) is 6.49. The van der Waals surface area contributed by atoms with Crippen molar-refractivity contribution in [3.63, 3.8) is 0 Å². The Morgan fingerprint density at radius 1 is 1.15 bits per heavy atom. The summed E-state index contributed by atoms with van der Waals surface area (Å²) in [5.41, 5.74) is 0.921. The van der Waals surface area contributed by atoms with Crippen LogP contribution in [0.5, 0.6) is 17.4 Å². The van der Waals surface area contributed by atoms with Crippen LogP contribution in [0, 0.1) is 5.92 Å². The van der Waals surface area contributed by atoms with Crippen LogP contribution in [0.4, 0.5) is 4.79 Å². The summed E-state index contributed by atoms with van der Waals surface area (Å²) in [6.45, 7) is 1.12. The van der Waals surface area contributed by atoms with Gasteiger partial charge in [-0.3, -0.25) is 0 Å². The van der Waals surface area contributed by atoms with Gasteiger partial charge in [-0.05, 0) is 61.1 Å². The van der Waals surface area contributed by atoms with Crippen molar-refractivity contribution < 1.29 is 14.3 Å². The Morgan fingerprint density at radius 2 is 1.96 bits per heavy atom. The van der Waals surface area contributed by atoms with Gasteiger partial charge in [-0.15, -0.1) is 0 Å². The maximum Gasteiger partial charge on any atom is 0.315 e. The fraction of sp³-hybridized carbons (Fsp3) is 0.333. The van der Waals surface area contributed by atoms with Crippen molar-refractivity contribution in [3.8, 4) is 17.4 Å². The molecule has 0 bridgehead atoms. The lowest BCUT2D eigenvalue weighted by Crippen LogP contribution is -2.38. The predicted molar refractivity (Wildman–Crippen MR) is 104 cm³/mol. The zero-order valence-electron chi connectivity index (χ0n) is 15.5. The number of ether oxygens (including phenoxy) is 2. The van der Waals surface area contributed by atoms with E-state index in [2.05, 4.69) is 27.8 Å². The van der Waals surface area contributed by atoms with Gasteiger partial charge in [-0.2, -0.15) is 0 Å². The normalized spacial score (nSPS) is 15.8. The van der Waals surface area contributed by atoms with Gasteiger partial charge in [0, 0.05) is 25.4 Å². The van der Waals surface area contributed by atoms with Crippen LogP contribution in [-0.2, 0) is 6.54 Å². The Kier molecular flexibility index (Phi) is 6.68. The monoisotopic (exact) mass is 367 g/mol. The fourth-order valence-electron chi connectivity index (χ4n) is 2.90. The van der Waals surface area contributed by atoms with Gasteiger partial charge in [-0.25, -0.2) is 9.78 Å². The molecular formula is C21H25N3O3. The van der Waals surface area contributed by atoms with E-state index >= 15 is 0 Å². The topological polar surface area (TPSA) is 72.5 Å². The number of hydrogen-bond donors (Lipinski definition) is 2. The number of pyridine rings is 1. The summed E-state index contributed by atoms with van der Waals surface area (Å²) >= 11 is 0. The summed E-state index contributed by atoms with van der Waals surface area (Å²) in [5.74, 6) is 2.45. The molecule has 1 atom stereocenters. The molecule has 6 heteroatoms. The number of nitrogens with zero attached hydrogens (tertiary/aromatic N) is 1. The lowest BCUT2D eigenvalue weighted by molar-refractivity contribution is 0.238. The first-order valence-electron chi connectivity index (χ1n) is 9.16. The van der Waals surface area contributed by atoms with Crippen LogP contribution in [0.15, 0.2) is 54.7 Å². The third-order valence-electron chi connectivity index (χ3n) is 4.46. The van der Waals surface area contributed by atoms with Crippen LogP contribution in [0.2, 0.25) is 0 Å². The maximum absolute atomic E-state index is 12.0. The van der Waals surface area contributed by atoms with E-state index < -0.39 is 0 Å². The van der Waals surface area contributed by atoms with Crippen LogP contribution in [0.3, 0.4) is 0 Å². The highest BCUT2D eigenvalue weighted by molar-refractivity contribution is 5.73. The number of benzene rings is 1. The van der Waals surface area contributed by atoms with Gasteiger partial charge >= 0.3 is 6.03 Å². The number of amides is 2. The smallest absolute Gasteiger partial charge is 0.315 e. The zero-order valence-corrected chi connectivity index (χ0v) is 15.5. The number of carbonyl (C=O) groups excluding carboxylic acids is 1. The number of methoxy groups -OCH3 is 1. The van der Waals surface area contributed by atoms with Crippen molar-refractivity contribution in [1.82, 2.24) is 15.6 Å². The van der Waals surface area contributed by atoms with Crippen LogP contribution >= 0.6 is 0 Å². The molecule has 0 radical (unpaired) electrons. The molecule has 2 aromatic rings. The van der Waals surface area contributed by atoms with Crippen molar-refractivity contribution in [2.45, 2.75) is 25.8 Å². The van der Waals surface area contributed by atoms with Gasteiger partial charge in [0.15, 0.2) is 0 Å². The number of hydrogen-bond acceptors (Lipinski definition) is 4. The van der Waals surface area contributed by atoms with Gasteiger partial charge in [0.05, 0.1) is 7.11 Å². The molecule has 0 aliphatic heterocycles. The molecule has 2 N–H and O–H groups in total. The summed E-state index contributed by atoms with van der Waals surface area (Å²) in [5, 5.41) is 5.82. The first kappa shape index (κ1) is 18.8. The predicted octanol–water partition coefficient (Wildman–Crippen LogP) is 4.04. The average molecular weight is 367 g/mol. The number of carbonyl (C=O) groups is 1. The van der Waals surface area contributed by atoms with Crippen molar-refractivity contribution >= 4 is 6.03 Å². The average Bonchev–Trinajstić information content (AvgIpc) is 2.72. The van der Waals surface area contributed by atoms with E-state index in [1.54, 1.807) is 13.3 Å². The molecule has 6 nitrogen and oxygen atoms in total. The Morgan fingerprint density at radius 3 is 2.70 bits per heavy atom. The summed E-state index contributed by atoms with van der Waals surface area (Å²) in [4.78, 5) is 16.2. The Hall–Kier alpha value is -3.02. The third kappa shape index (κ3) is 6.02. The van der Waals surface area contributed by atoms with E-state index in [1.165, 1.54) is 0 Å². The first-order valence-corrected chi connectivity index (χ1v) is 9.16. The fourth-order valence-corrected chi connectivity index (χ4v) is 2.90. The largest absolute Gasteiger partial charge is 0.497 e. The van der Waals surface area contributed by atoms with Crippen molar-refractivity contribution in [1.29, 1.82) is 0 Å². The van der Waals surface area contributed by atoms with Crippen LogP contribution in [-0.4, -0.2) is 24.7 Å². The molecular weight excluding hydrogens is 342 g/mol. The number of urea groups is 1. The highest BCUT2D eigenvalue weighted by Gasteiger charge is 2.11. The Balaban J connectivity index is 1.46. The van der Waals surface area contributed by atoms with Crippen molar-refractivity contribution in [2.24, 2.45) is 5.92 Å². The molecule has 1 aromatic heterocycles. The minimum Gasteiger partial charge on any atom is -0.497 e. The van der Waals surface area contributed by atoms with Crippen LogP contribution in [0.1, 0.15) is 24.8 Å². The van der Waals surface area contributed by atoms with E-state index in [0.717, 1.165) is 30.6 Å². The molecule has 0 saturated heterocycles. The summed E-state index contributed by atoms with van der Waals surface area (Å²) in [7, 11) is 1.62. The molecule has 1 unspecified atom stereocenters. The molecule has 3 rings (SSSR count). The molecule has 1 aliphatic carbocycles. The molecule has 27 heavy (non-hydrogen) atoms. The molecule has 0 fully saturated rings. The molecule has 1 aromatic carbocycles. The van der Waals surface area contributed by atoms with Crippen LogP contribution < -0.4 is 20.1 Å². The molecule has 1 heterocycles. The minimum absolute atomic E-state index is 0.154. The summed E-state index contributed by atoms with van der Waals surface area (Å²) < 4.78 is 10.9. The Labute approximate surface area is 159 Å². The second kappa shape index (κ2) is 9.62. The maximum atomic E-state index is 12.0. The third-order valence-corrected chi connectivity index (χ3v) is 4.46. The lowest BCUT2D eigenvalue weighted by atomic mass is 9.94. The van der Waals surface area contributed by atoms with Gasteiger partial charge in [-0.1, -0.05) is 12.2 Å². The van der Waals surface area contributed by atoms with Gasteiger partial charge in [0.2, 0.25) is 5.88 Å². The van der Waals surface area contributed by atoms with Gasteiger partial charge in [0.25, 0.3) is 0 Å². The van der Waals surface area contributed by atoms with Gasteiger partial charge < -0.3 is 20.1 Å². The SMILES string of the molecule is COc1ccc(Oc2cc(CNC(=O)NCC3CC=CCC3)ccn2)cc1. The first-order chi connectivity index (χ1) is 13.2. The Bertz CT molecular complexity index is 774. The van der Waals surface area contributed by atoms with E-state index in [-0.39, 0.29) is 6.03 Å². The lowest BCUT2D eigenvalue weighted by Gasteiger charge is -2.18. The standard InChI is InChI=1S/C21H25N3O3/c1-26-18-7-9-19(10-8-18)27-20-13-17(11-12-22-20)15-24-21(25)23-14-16-5-3-2-4-6-16/h2-3,7-13,16H,4-6,14-15H2,1H3,(H2,23,24,25). The second-order valence-corrected chi connectivity index (χ2v) is 6.49.